The molecule has 22 heavy (non-hydrogen) atoms. The first kappa shape index (κ1) is 19.5. The van der Waals surface area contributed by atoms with E-state index in [-0.39, 0.29) is 23.0 Å². The van der Waals surface area contributed by atoms with E-state index in [0.29, 0.717) is 17.9 Å². The number of rotatable bonds is 8. The second kappa shape index (κ2) is 6.90. The fourth-order valence-electron chi connectivity index (χ4n) is 3.59. The molecule has 1 aliphatic carbocycles. The maximum absolute atomic E-state index is 12.0. The van der Waals surface area contributed by atoms with Crippen molar-refractivity contribution in [1.29, 1.82) is 0 Å². The Labute approximate surface area is 137 Å². The predicted octanol–water partition coefficient (Wildman–Crippen LogP) is 4.40. The van der Waals surface area contributed by atoms with Crippen LogP contribution in [0.3, 0.4) is 0 Å². The molecule has 0 spiro atoms. The summed E-state index contributed by atoms with van der Waals surface area (Å²) in [7, 11) is 0. The highest BCUT2D eigenvalue weighted by Gasteiger charge is 2.50. The van der Waals surface area contributed by atoms with Gasteiger partial charge in [0, 0.05) is 11.5 Å². The van der Waals surface area contributed by atoms with E-state index in [1.165, 1.54) is 6.42 Å². The second-order valence-electron chi connectivity index (χ2n) is 9.20. The molecule has 130 valence electrons. The van der Waals surface area contributed by atoms with Gasteiger partial charge in [-0.2, -0.15) is 0 Å². The molecular formula is C19H37NO2. The van der Waals surface area contributed by atoms with Gasteiger partial charge in [0.05, 0.1) is 11.7 Å². The van der Waals surface area contributed by atoms with Crippen LogP contribution in [0.2, 0.25) is 0 Å². The monoisotopic (exact) mass is 311 g/mol. The van der Waals surface area contributed by atoms with Crippen molar-refractivity contribution in [2.75, 3.05) is 0 Å². The zero-order chi connectivity index (χ0) is 17.3. The fourth-order valence-corrected chi connectivity index (χ4v) is 3.59. The van der Waals surface area contributed by atoms with Crippen molar-refractivity contribution in [2.24, 2.45) is 23.7 Å². The summed E-state index contributed by atoms with van der Waals surface area (Å²) in [5.41, 5.74) is -0.477. The highest BCUT2D eigenvalue weighted by molar-refractivity contribution is 5.78. The van der Waals surface area contributed by atoms with Crippen molar-refractivity contribution in [2.45, 2.75) is 92.4 Å². The van der Waals surface area contributed by atoms with Gasteiger partial charge < -0.3 is 10.1 Å². The van der Waals surface area contributed by atoms with Gasteiger partial charge in [-0.25, -0.2) is 0 Å². The number of hydrogen-bond acceptors (Lipinski definition) is 2. The van der Waals surface area contributed by atoms with Gasteiger partial charge in [-0.15, -0.1) is 0 Å². The van der Waals surface area contributed by atoms with Crippen LogP contribution in [0.5, 0.6) is 0 Å². The van der Waals surface area contributed by atoms with E-state index < -0.39 is 0 Å². The minimum atomic E-state index is -0.253. The van der Waals surface area contributed by atoms with E-state index in [4.69, 9.17) is 4.74 Å². The van der Waals surface area contributed by atoms with Gasteiger partial charge in [0.2, 0.25) is 5.91 Å². The van der Waals surface area contributed by atoms with Gasteiger partial charge in [0.1, 0.15) is 0 Å². The first-order valence-electron chi connectivity index (χ1n) is 8.84. The van der Waals surface area contributed by atoms with E-state index in [0.717, 1.165) is 12.3 Å². The minimum absolute atomic E-state index is 0.0159. The van der Waals surface area contributed by atoms with Crippen LogP contribution >= 0.6 is 0 Å². The normalized spacial score (nSPS) is 25.7. The number of carbonyl (C=O) groups is 1. The molecule has 0 bridgehead atoms. The van der Waals surface area contributed by atoms with Crippen molar-refractivity contribution in [1.82, 2.24) is 5.32 Å². The van der Waals surface area contributed by atoms with Crippen LogP contribution in [0.25, 0.3) is 0 Å². The van der Waals surface area contributed by atoms with Gasteiger partial charge in [0.15, 0.2) is 0 Å². The van der Waals surface area contributed by atoms with Crippen LogP contribution in [-0.4, -0.2) is 23.2 Å². The average molecular weight is 312 g/mol. The molecule has 0 saturated heterocycles. The minimum Gasteiger partial charge on any atom is -0.372 e. The summed E-state index contributed by atoms with van der Waals surface area (Å²) < 4.78 is 6.40. The third-order valence-corrected chi connectivity index (χ3v) is 4.53. The Balaban J connectivity index is 2.54. The molecule has 0 aromatic heterocycles. The molecule has 0 aliphatic heterocycles. The number of amides is 1. The summed E-state index contributed by atoms with van der Waals surface area (Å²) in [4.78, 5) is 12.0. The summed E-state index contributed by atoms with van der Waals surface area (Å²) in [6.07, 6.45) is 2.44. The third-order valence-electron chi connectivity index (χ3n) is 4.53. The Bertz CT molecular complexity index is 385. The molecule has 3 unspecified atom stereocenters. The summed E-state index contributed by atoms with van der Waals surface area (Å²) in [6.45, 7) is 19.2. The summed E-state index contributed by atoms with van der Waals surface area (Å²) in [5.74, 6) is 2.22. The van der Waals surface area contributed by atoms with E-state index in [1.807, 2.05) is 13.8 Å². The molecule has 1 N–H and O–H groups in total. The summed E-state index contributed by atoms with van der Waals surface area (Å²) in [6, 6.07) is 0. The van der Waals surface area contributed by atoms with Crippen molar-refractivity contribution in [3.05, 3.63) is 0 Å². The van der Waals surface area contributed by atoms with Crippen molar-refractivity contribution in [3.63, 3.8) is 0 Å². The summed E-state index contributed by atoms with van der Waals surface area (Å²) >= 11 is 0. The molecule has 0 aromatic rings. The standard InChI is InChI=1S/C19H37NO2/c1-12(2)10-15-14(5)16(15)22-19(8,9)11-18(6,7)20-17(21)13(3)4/h12-16H,10-11H2,1-9H3,(H,20,21). The number of nitrogens with one attached hydrogen (secondary N) is 1. The Hall–Kier alpha value is -0.570. The second-order valence-corrected chi connectivity index (χ2v) is 9.20. The van der Waals surface area contributed by atoms with E-state index >= 15 is 0 Å². The van der Waals surface area contributed by atoms with E-state index in [2.05, 4.69) is 53.8 Å². The van der Waals surface area contributed by atoms with E-state index in [9.17, 15) is 4.79 Å². The highest BCUT2D eigenvalue weighted by atomic mass is 16.5. The van der Waals surface area contributed by atoms with Gasteiger partial charge >= 0.3 is 0 Å². The molecule has 3 nitrogen and oxygen atoms in total. The molecule has 1 aliphatic rings. The highest BCUT2D eigenvalue weighted by Crippen LogP contribution is 2.48. The molecule has 1 rings (SSSR count). The van der Waals surface area contributed by atoms with Crippen LogP contribution in [0.4, 0.5) is 0 Å². The SMILES string of the molecule is CC(C)CC1C(C)C1OC(C)(C)CC(C)(C)NC(=O)C(C)C. The maximum Gasteiger partial charge on any atom is 0.222 e. The topological polar surface area (TPSA) is 38.3 Å². The summed E-state index contributed by atoms with van der Waals surface area (Å²) in [5, 5.41) is 3.14. The number of ether oxygens (including phenoxy) is 1. The molecule has 0 heterocycles. The molecule has 1 fully saturated rings. The third kappa shape index (κ3) is 5.91. The zero-order valence-electron chi connectivity index (χ0n) is 16.1. The Morgan fingerprint density at radius 2 is 1.68 bits per heavy atom. The lowest BCUT2D eigenvalue weighted by Gasteiger charge is -2.36. The predicted molar refractivity (Wildman–Crippen MR) is 92.7 cm³/mol. The van der Waals surface area contributed by atoms with Crippen LogP contribution < -0.4 is 5.32 Å². The van der Waals surface area contributed by atoms with Crippen LogP contribution in [0.15, 0.2) is 0 Å². The Kier molecular flexibility index (Phi) is 6.11. The van der Waals surface area contributed by atoms with Gasteiger partial charge in [-0.3, -0.25) is 4.79 Å². The number of carbonyl (C=O) groups excluding carboxylic acids is 1. The van der Waals surface area contributed by atoms with Gasteiger partial charge in [-0.05, 0) is 58.3 Å². The fraction of sp³-hybridized carbons (Fsp3) is 0.947. The van der Waals surface area contributed by atoms with Crippen molar-refractivity contribution in [3.8, 4) is 0 Å². The van der Waals surface area contributed by atoms with Crippen molar-refractivity contribution < 1.29 is 9.53 Å². The lowest BCUT2D eigenvalue weighted by atomic mass is 9.88. The van der Waals surface area contributed by atoms with E-state index in [1.54, 1.807) is 0 Å². The van der Waals surface area contributed by atoms with Crippen molar-refractivity contribution >= 4 is 5.91 Å². The molecule has 1 amide bonds. The molecule has 0 radical (unpaired) electrons. The zero-order valence-corrected chi connectivity index (χ0v) is 16.1. The van der Waals surface area contributed by atoms with Crippen LogP contribution in [-0.2, 0) is 9.53 Å². The molecule has 3 heteroatoms. The Morgan fingerprint density at radius 1 is 1.14 bits per heavy atom. The quantitative estimate of drug-likeness (QED) is 0.721. The molecule has 0 aromatic carbocycles. The number of hydrogen-bond donors (Lipinski definition) is 1. The lowest BCUT2D eigenvalue weighted by molar-refractivity contribution is -0.126. The van der Waals surface area contributed by atoms with Gasteiger partial charge in [0.25, 0.3) is 0 Å². The smallest absolute Gasteiger partial charge is 0.222 e. The van der Waals surface area contributed by atoms with Crippen LogP contribution in [0.1, 0.15) is 75.2 Å². The average Bonchev–Trinajstić information content (AvgIpc) is 2.84. The Morgan fingerprint density at radius 3 is 2.14 bits per heavy atom. The molecule has 3 atom stereocenters. The maximum atomic E-state index is 12.0. The molecule has 1 saturated carbocycles. The first-order valence-corrected chi connectivity index (χ1v) is 8.84. The van der Waals surface area contributed by atoms with Gasteiger partial charge in [-0.1, -0.05) is 34.6 Å². The lowest BCUT2D eigenvalue weighted by Crippen LogP contribution is -2.50. The first-order chi connectivity index (χ1) is 9.84. The van der Waals surface area contributed by atoms with Crippen LogP contribution in [0, 0.1) is 23.7 Å². The molecular weight excluding hydrogens is 274 g/mol. The largest absolute Gasteiger partial charge is 0.372 e.